The first-order valence-electron chi connectivity index (χ1n) is 4.54. The van der Waals surface area contributed by atoms with E-state index in [4.69, 9.17) is 0 Å². The second-order valence-electron chi connectivity index (χ2n) is 3.13. The molecular weight excluding hydrogens is 217 g/mol. The summed E-state index contributed by atoms with van der Waals surface area (Å²) in [6.45, 7) is 1.74. The maximum absolute atomic E-state index is 13.2. The van der Waals surface area contributed by atoms with E-state index in [-0.39, 0.29) is 29.4 Å². The molecule has 0 bridgehead atoms. The van der Waals surface area contributed by atoms with Gasteiger partial charge >= 0.3 is 0 Å². The van der Waals surface area contributed by atoms with Crippen LogP contribution in [0.3, 0.4) is 0 Å². The molecule has 82 valence electrons. The molecule has 0 aliphatic heterocycles. The Morgan fingerprint density at radius 3 is 2.60 bits per heavy atom. The van der Waals surface area contributed by atoms with Gasteiger partial charge in [0.15, 0.2) is 5.78 Å². The van der Waals surface area contributed by atoms with Gasteiger partial charge in [-0.05, 0) is 13.0 Å². The largest absolute Gasteiger partial charge is 0.359 e. The third-order valence-corrected chi connectivity index (χ3v) is 2.99. The number of rotatable bonds is 4. The molecular formula is C10H12FNO2S. The SMILES string of the molecule is CNC(=O)CCC(=O)c1sc(C)cc1F. The fourth-order valence-corrected chi connectivity index (χ4v) is 2.00. The molecule has 0 fully saturated rings. The zero-order valence-electron chi connectivity index (χ0n) is 8.59. The zero-order chi connectivity index (χ0) is 11.4. The standard InChI is InChI=1S/C10H12FNO2S/c1-6-5-7(11)10(15-6)8(13)3-4-9(14)12-2/h5H,3-4H2,1-2H3,(H,12,14). The van der Waals surface area contributed by atoms with Crippen molar-refractivity contribution in [3.05, 3.63) is 21.6 Å². The number of thiophene rings is 1. The first-order valence-corrected chi connectivity index (χ1v) is 5.36. The van der Waals surface area contributed by atoms with Crippen molar-refractivity contribution in [2.24, 2.45) is 0 Å². The Kier molecular flexibility index (Phi) is 3.96. The van der Waals surface area contributed by atoms with Crippen LogP contribution in [0.4, 0.5) is 4.39 Å². The number of Topliss-reactive ketones (excluding diaryl/α,β-unsaturated/α-hetero) is 1. The van der Waals surface area contributed by atoms with Crippen LogP contribution in [-0.2, 0) is 4.79 Å². The average Bonchev–Trinajstić information content (AvgIpc) is 2.53. The third kappa shape index (κ3) is 3.13. The molecule has 0 radical (unpaired) electrons. The summed E-state index contributed by atoms with van der Waals surface area (Å²) in [5, 5.41) is 2.41. The van der Waals surface area contributed by atoms with Gasteiger partial charge in [-0.1, -0.05) is 0 Å². The highest BCUT2D eigenvalue weighted by Crippen LogP contribution is 2.22. The van der Waals surface area contributed by atoms with E-state index < -0.39 is 5.82 Å². The van der Waals surface area contributed by atoms with Gasteiger partial charge in [0.05, 0.1) is 0 Å². The normalized spacial score (nSPS) is 10.1. The van der Waals surface area contributed by atoms with Gasteiger partial charge in [-0.25, -0.2) is 4.39 Å². The highest BCUT2D eigenvalue weighted by Gasteiger charge is 2.15. The van der Waals surface area contributed by atoms with E-state index in [1.165, 1.54) is 13.1 Å². The number of hydrogen-bond donors (Lipinski definition) is 1. The van der Waals surface area contributed by atoms with Crippen LogP contribution < -0.4 is 5.32 Å². The maximum Gasteiger partial charge on any atom is 0.220 e. The summed E-state index contributed by atoms with van der Waals surface area (Å²) in [6.07, 6.45) is 0.155. The van der Waals surface area contributed by atoms with Gasteiger partial charge in [-0.15, -0.1) is 11.3 Å². The number of halogens is 1. The van der Waals surface area contributed by atoms with Crippen LogP contribution in [0.15, 0.2) is 6.07 Å². The molecule has 0 aliphatic carbocycles. The van der Waals surface area contributed by atoms with Gasteiger partial charge in [0.2, 0.25) is 5.91 Å². The first-order chi connectivity index (χ1) is 7.04. The van der Waals surface area contributed by atoms with Gasteiger partial charge < -0.3 is 5.32 Å². The second-order valence-corrected chi connectivity index (χ2v) is 4.39. The van der Waals surface area contributed by atoms with E-state index >= 15 is 0 Å². The van der Waals surface area contributed by atoms with Crippen molar-refractivity contribution in [3.63, 3.8) is 0 Å². The molecule has 0 saturated heterocycles. The van der Waals surface area contributed by atoms with E-state index in [1.807, 2.05) is 0 Å². The van der Waals surface area contributed by atoms with E-state index in [1.54, 1.807) is 6.92 Å². The predicted molar refractivity (Wildman–Crippen MR) is 56.6 cm³/mol. The number of carbonyl (C=O) groups is 2. The molecule has 1 rings (SSSR count). The predicted octanol–water partition coefficient (Wildman–Crippen LogP) is 1.90. The second kappa shape index (κ2) is 5.02. The van der Waals surface area contributed by atoms with Crippen molar-refractivity contribution in [3.8, 4) is 0 Å². The minimum Gasteiger partial charge on any atom is -0.359 e. The minimum atomic E-state index is -0.487. The molecule has 15 heavy (non-hydrogen) atoms. The molecule has 0 unspecified atom stereocenters. The molecule has 0 aromatic carbocycles. The summed E-state index contributed by atoms with van der Waals surface area (Å²) in [5.74, 6) is -1.01. The van der Waals surface area contributed by atoms with Crippen LogP contribution in [0.25, 0.3) is 0 Å². The molecule has 3 nitrogen and oxygen atoms in total. The number of carbonyl (C=O) groups excluding carboxylic acids is 2. The van der Waals surface area contributed by atoms with E-state index in [0.29, 0.717) is 0 Å². The van der Waals surface area contributed by atoms with Crippen molar-refractivity contribution >= 4 is 23.0 Å². The average molecular weight is 229 g/mol. The van der Waals surface area contributed by atoms with Crippen molar-refractivity contribution in [2.45, 2.75) is 19.8 Å². The number of nitrogens with one attached hydrogen (secondary N) is 1. The summed E-state index contributed by atoms with van der Waals surface area (Å²) in [6, 6.07) is 1.33. The van der Waals surface area contributed by atoms with Crippen LogP contribution in [0.2, 0.25) is 0 Å². The number of hydrogen-bond acceptors (Lipinski definition) is 3. The highest BCUT2D eigenvalue weighted by atomic mass is 32.1. The van der Waals surface area contributed by atoms with Gasteiger partial charge in [-0.3, -0.25) is 9.59 Å². The van der Waals surface area contributed by atoms with Crippen LogP contribution in [0.1, 0.15) is 27.4 Å². The minimum absolute atomic E-state index is 0.0521. The fraction of sp³-hybridized carbons (Fsp3) is 0.400. The Balaban J connectivity index is 2.61. The Morgan fingerprint density at radius 1 is 1.47 bits per heavy atom. The third-order valence-electron chi connectivity index (χ3n) is 1.92. The number of ketones is 1. The maximum atomic E-state index is 13.2. The topological polar surface area (TPSA) is 46.2 Å². The smallest absolute Gasteiger partial charge is 0.220 e. The van der Waals surface area contributed by atoms with Crippen LogP contribution in [-0.4, -0.2) is 18.7 Å². The first kappa shape index (κ1) is 11.8. The molecule has 0 spiro atoms. The summed E-state index contributed by atoms with van der Waals surface area (Å²) in [7, 11) is 1.50. The molecule has 0 atom stereocenters. The van der Waals surface area contributed by atoms with Crippen molar-refractivity contribution < 1.29 is 14.0 Å². The van der Waals surface area contributed by atoms with Crippen LogP contribution in [0.5, 0.6) is 0 Å². The highest BCUT2D eigenvalue weighted by molar-refractivity contribution is 7.14. The van der Waals surface area contributed by atoms with Crippen LogP contribution in [0, 0.1) is 12.7 Å². The molecule has 1 amide bonds. The number of amides is 1. The Bertz CT molecular complexity index is 387. The molecule has 1 N–H and O–H groups in total. The monoisotopic (exact) mass is 229 g/mol. The van der Waals surface area contributed by atoms with Crippen molar-refractivity contribution in [1.82, 2.24) is 5.32 Å². The molecule has 1 aromatic rings. The quantitative estimate of drug-likeness (QED) is 0.801. The van der Waals surface area contributed by atoms with Crippen LogP contribution >= 0.6 is 11.3 Å². The lowest BCUT2D eigenvalue weighted by Crippen LogP contribution is -2.18. The van der Waals surface area contributed by atoms with E-state index in [0.717, 1.165) is 16.2 Å². The lowest BCUT2D eigenvalue weighted by molar-refractivity contribution is -0.120. The fourth-order valence-electron chi connectivity index (χ4n) is 1.14. The van der Waals surface area contributed by atoms with Crippen molar-refractivity contribution in [2.75, 3.05) is 7.05 Å². The molecule has 0 aliphatic rings. The van der Waals surface area contributed by atoms with Gasteiger partial charge in [0, 0.05) is 24.8 Å². The number of aryl methyl sites for hydroxylation is 1. The molecule has 1 aromatic heterocycles. The Morgan fingerprint density at radius 2 is 2.13 bits per heavy atom. The van der Waals surface area contributed by atoms with Gasteiger partial charge in [0.25, 0.3) is 0 Å². The van der Waals surface area contributed by atoms with Gasteiger partial charge in [0.1, 0.15) is 10.7 Å². The molecule has 0 saturated carbocycles. The zero-order valence-corrected chi connectivity index (χ0v) is 9.41. The summed E-state index contributed by atoms with van der Waals surface area (Å²) >= 11 is 1.13. The molecule has 1 heterocycles. The van der Waals surface area contributed by atoms with E-state index in [2.05, 4.69) is 5.32 Å². The molecule has 5 heteroatoms. The Hall–Kier alpha value is -1.23. The van der Waals surface area contributed by atoms with Crippen molar-refractivity contribution in [1.29, 1.82) is 0 Å². The Labute approximate surface area is 91.3 Å². The lowest BCUT2D eigenvalue weighted by Gasteiger charge is -1.98. The summed E-state index contributed by atoms with van der Waals surface area (Å²) in [5.41, 5.74) is 0. The van der Waals surface area contributed by atoms with Gasteiger partial charge in [-0.2, -0.15) is 0 Å². The lowest BCUT2D eigenvalue weighted by atomic mass is 10.2. The van der Waals surface area contributed by atoms with E-state index in [9.17, 15) is 14.0 Å². The summed E-state index contributed by atoms with van der Waals surface area (Å²) < 4.78 is 13.2. The summed E-state index contributed by atoms with van der Waals surface area (Å²) in [4.78, 5) is 23.3.